The fraction of sp³-hybridized carbons (Fsp3) is 0. The normalized spacial score (nSPS) is 11.4. The quantitative estimate of drug-likeness (QED) is 0.167. The molecule has 0 aliphatic carbocycles. The zero-order valence-corrected chi connectivity index (χ0v) is 32.2. The molecule has 1 N–H and O–H groups in total. The first-order valence-corrected chi connectivity index (χ1v) is 20.1. The van der Waals surface area contributed by atoms with Crippen molar-refractivity contribution in [1.82, 2.24) is 0 Å². The molecule has 0 fully saturated rings. The predicted octanol–water partition coefficient (Wildman–Crippen LogP) is 16.1. The second-order valence-corrected chi connectivity index (χ2v) is 15.0. The molecule has 0 atom stereocenters. The number of benzene rings is 10. The molecule has 59 heavy (non-hydrogen) atoms. The Hall–Kier alpha value is -7.88. The Morgan fingerprint density at radius 3 is 1.59 bits per heavy atom. The van der Waals surface area contributed by atoms with Gasteiger partial charge in [-0.05, 0) is 128 Å². The first-order valence-electron chi connectivity index (χ1n) is 20.1. The van der Waals surface area contributed by atoms with E-state index in [1.165, 1.54) is 32.7 Å². The number of nitrogens with zero attached hydrogens (tertiary/aromatic N) is 1. The van der Waals surface area contributed by atoms with Crippen LogP contribution in [0.1, 0.15) is 0 Å². The van der Waals surface area contributed by atoms with Gasteiger partial charge >= 0.3 is 0 Å². The van der Waals surface area contributed by atoms with Gasteiger partial charge in [0.25, 0.3) is 0 Å². The third kappa shape index (κ3) is 6.45. The zero-order chi connectivity index (χ0) is 39.1. The molecule has 0 amide bonds. The smallest absolute Gasteiger partial charge is 0.136 e. The molecule has 0 saturated heterocycles. The molecule has 0 aliphatic rings. The van der Waals surface area contributed by atoms with Gasteiger partial charge in [-0.3, -0.25) is 0 Å². The van der Waals surface area contributed by atoms with Crippen LogP contribution in [0.15, 0.2) is 229 Å². The number of nitrogens with one attached hydrogen (secondary N) is 1. The Balaban J connectivity index is 0.875. The number of para-hydroxylation sites is 2. The Labute approximate surface area is 343 Å². The molecule has 1 heterocycles. The molecule has 3 heteroatoms. The summed E-state index contributed by atoms with van der Waals surface area (Å²) < 4.78 is 6.31. The minimum atomic E-state index is 0.889. The van der Waals surface area contributed by atoms with Crippen LogP contribution >= 0.6 is 0 Å². The average Bonchev–Trinajstić information content (AvgIpc) is 3.68. The largest absolute Gasteiger partial charge is 0.456 e. The second kappa shape index (κ2) is 14.6. The third-order valence-electron chi connectivity index (χ3n) is 11.4. The Morgan fingerprint density at radius 2 is 0.847 bits per heavy atom. The lowest BCUT2D eigenvalue weighted by molar-refractivity contribution is 0.669. The van der Waals surface area contributed by atoms with E-state index in [4.69, 9.17) is 4.42 Å². The van der Waals surface area contributed by atoms with Crippen LogP contribution in [0.5, 0.6) is 0 Å². The minimum Gasteiger partial charge on any atom is -0.456 e. The summed E-state index contributed by atoms with van der Waals surface area (Å²) >= 11 is 0. The van der Waals surface area contributed by atoms with E-state index in [-0.39, 0.29) is 0 Å². The third-order valence-corrected chi connectivity index (χ3v) is 11.4. The van der Waals surface area contributed by atoms with Gasteiger partial charge in [0.05, 0.1) is 0 Å². The van der Waals surface area contributed by atoms with E-state index in [2.05, 4.69) is 223 Å². The fourth-order valence-corrected chi connectivity index (χ4v) is 8.47. The van der Waals surface area contributed by atoms with Crippen molar-refractivity contribution in [2.45, 2.75) is 0 Å². The van der Waals surface area contributed by atoms with Crippen LogP contribution in [-0.4, -0.2) is 0 Å². The molecule has 0 radical (unpaired) electrons. The minimum absolute atomic E-state index is 0.889. The number of anilines is 5. The highest BCUT2D eigenvalue weighted by Crippen LogP contribution is 2.41. The van der Waals surface area contributed by atoms with Crippen molar-refractivity contribution in [2.24, 2.45) is 0 Å². The Morgan fingerprint density at radius 1 is 0.322 bits per heavy atom. The lowest BCUT2D eigenvalue weighted by atomic mass is 9.95. The molecule has 278 valence electrons. The molecular weight excluding hydrogens is 717 g/mol. The lowest BCUT2D eigenvalue weighted by Crippen LogP contribution is -2.09. The van der Waals surface area contributed by atoms with Crippen molar-refractivity contribution in [3.8, 4) is 33.4 Å². The summed E-state index contributed by atoms with van der Waals surface area (Å²) in [6.07, 6.45) is 0. The van der Waals surface area contributed by atoms with Crippen molar-refractivity contribution < 1.29 is 4.42 Å². The lowest BCUT2D eigenvalue weighted by Gasteiger charge is -2.26. The SMILES string of the molecule is c1ccc(N(c2ccc(-c3ccc(Nc4ccc5ccccc5c4-c4ccc5c(c4)oc4ccccc45)cc3)cc2)c2ccc(-c3ccc4ccccc4c3)cc2)cc1. The topological polar surface area (TPSA) is 28.4 Å². The molecule has 0 spiro atoms. The van der Waals surface area contributed by atoms with E-state index in [0.717, 1.165) is 72.6 Å². The van der Waals surface area contributed by atoms with Gasteiger partial charge in [0.1, 0.15) is 11.2 Å². The molecule has 3 nitrogen and oxygen atoms in total. The maximum absolute atomic E-state index is 6.31. The molecule has 0 saturated carbocycles. The van der Waals surface area contributed by atoms with Gasteiger partial charge < -0.3 is 14.6 Å². The number of hydrogen-bond acceptors (Lipinski definition) is 3. The van der Waals surface area contributed by atoms with Crippen LogP contribution in [0.4, 0.5) is 28.4 Å². The van der Waals surface area contributed by atoms with Crippen molar-refractivity contribution in [2.75, 3.05) is 10.2 Å². The summed E-state index contributed by atoms with van der Waals surface area (Å²) in [5.41, 5.74) is 14.2. The zero-order valence-electron chi connectivity index (χ0n) is 32.2. The van der Waals surface area contributed by atoms with Gasteiger partial charge in [-0.2, -0.15) is 0 Å². The first kappa shape index (κ1) is 34.4. The van der Waals surface area contributed by atoms with E-state index >= 15 is 0 Å². The second-order valence-electron chi connectivity index (χ2n) is 15.0. The van der Waals surface area contributed by atoms with Crippen LogP contribution < -0.4 is 10.2 Å². The average molecular weight is 755 g/mol. The van der Waals surface area contributed by atoms with Crippen LogP contribution in [0.3, 0.4) is 0 Å². The van der Waals surface area contributed by atoms with E-state index in [9.17, 15) is 0 Å². The number of rotatable bonds is 8. The summed E-state index contributed by atoms with van der Waals surface area (Å²) in [4.78, 5) is 2.31. The van der Waals surface area contributed by atoms with Crippen LogP contribution in [-0.2, 0) is 0 Å². The summed E-state index contributed by atoms with van der Waals surface area (Å²) in [5.74, 6) is 0. The molecule has 11 aromatic rings. The number of furan rings is 1. The van der Waals surface area contributed by atoms with E-state index in [1.807, 2.05) is 12.1 Å². The Bertz CT molecular complexity index is 3270. The molecule has 1 aromatic heterocycles. The highest BCUT2D eigenvalue weighted by atomic mass is 16.3. The van der Waals surface area contributed by atoms with Gasteiger partial charge in [-0.15, -0.1) is 0 Å². The van der Waals surface area contributed by atoms with Crippen molar-refractivity contribution >= 4 is 71.9 Å². The van der Waals surface area contributed by atoms with Crippen LogP contribution in [0.25, 0.3) is 76.9 Å². The van der Waals surface area contributed by atoms with Gasteiger partial charge in [-0.25, -0.2) is 0 Å². The molecule has 10 aromatic carbocycles. The fourth-order valence-electron chi connectivity index (χ4n) is 8.47. The monoisotopic (exact) mass is 754 g/mol. The van der Waals surface area contributed by atoms with Crippen molar-refractivity contribution in [1.29, 1.82) is 0 Å². The van der Waals surface area contributed by atoms with Gasteiger partial charge in [0.2, 0.25) is 0 Å². The van der Waals surface area contributed by atoms with E-state index < -0.39 is 0 Å². The maximum atomic E-state index is 6.31. The van der Waals surface area contributed by atoms with Crippen LogP contribution in [0, 0.1) is 0 Å². The van der Waals surface area contributed by atoms with Crippen molar-refractivity contribution in [3.63, 3.8) is 0 Å². The van der Waals surface area contributed by atoms with E-state index in [0.29, 0.717) is 0 Å². The first-order chi connectivity index (χ1) is 29.2. The van der Waals surface area contributed by atoms with Crippen LogP contribution in [0.2, 0.25) is 0 Å². The van der Waals surface area contributed by atoms with Gasteiger partial charge in [0, 0.05) is 44.8 Å². The molecule has 11 rings (SSSR count). The summed E-state index contributed by atoms with van der Waals surface area (Å²) in [5, 5.41) is 10.9. The van der Waals surface area contributed by atoms with Gasteiger partial charge in [0.15, 0.2) is 0 Å². The van der Waals surface area contributed by atoms with E-state index in [1.54, 1.807) is 0 Å². The molecule has 0 aliphatic heterocycles. The molecular formula is C56H38N2O. The summed E-state index contributed by atoms with van der Waals surface area (Å²) in [6, 6.07) is 80.0. The number of hydrogen-bond donors (Lipinski definition) is 1. The number of fused-ring (bicyclic) bond motifs is 5. The van der Waals surface area contributed by atoms with Crippen molar-refractivity contribution in [3.05, 3.63) is 224 Å². The highest BCUT2D eigenvalue weighted by Gasteiger charge is 2.16. The molecule has 0 bridgehead atoms. The predicted molar refractivity (Wildman–Crippen MR) is 249 cm³/mol. The summed E-state index contributed by atoms with van der Waals surface area (Å²) in [6.45, 7) is 0. The highest BCUT2D eigenvalue weighted by molar-refractivity contribution is 6.09. The standard InChI is InChI=1S/C56H38N2O/c1-2-13-47(14-3-1)58(49-32-24-41(25-33-49)44-19-18-38-10-4-5-12-43(38)36-44)48-30-22-40(23-31-48)39-20-28-46(29-21-39)57-53-35-27-42-11-6-7-15-50(42)56(53)45-26-34-52-51-16-8-9-17-54(51)59-55(52)37-45/h1-37,57H. The summed E-state index contributed by atoms with van der Waals surface area (Å²) in [7, 11) is 0. The van der Waals surface area contributed by atoms with Gasteiger partial charge in [-0.1, -0.05) is 146 Å². The Kier molecular flexibility index (Phi) is 8.49. The maximum Gasteiger partial charge on any atom is 0.136 e. The molecule has 0 unspecified atom stereocenters.